The molecule has 0 fully saturated rings. The van der Waals surface area contributed by atoms with Gasteiger partial charge < -0.3 is 9.47 Å². The van der Waals surface area contributed by atoms with Gasteiger partial charge in [0, 0.05) is 9.64 Å². The second-order valence-corrected chi connectivity index (χ2v) is 7.47. The van der Waals surface area contributed by atoms with Crippen LogP contribution in [-0.4, -0.2) is 24.8 Å². The number of ether oxygens (including phenoxy) is 2. The predicted octanol–water partition coefficient (Wildman–Crippen LogP) is 4.20. The second-order valence-electron chi connectivity index (χ2n) is 5.17. The Morgan fingerprint density at radius 1 is 1.11 bits per heavy atom. The van der Waals surface area contributed by atoms with Gasteiger partial charge in [0.1, 0.15) is 0 Å². The van der Waals surface area contributed by atoms with Crippen molar-refractivity contribution < 1.29 is 9.47 Å². The first-order valence-electron chi connectivity index (χ1n) is 6.10. The first-order valence-corrected chi connectivity index (χ1v) is 7.50. The van der Waals surface area contributed by atoms with E-state index >= 15 is 0 Å². The number of benzene rings is 1. The smallest absolute Gasteiger partial charge is 0.161 e. The quantitative estimate of drug-likeness (QED) is 0.745. The highest BCUT2D eigenvalue weighted by atomic mass is 32.2. The maximum absolute atomic E-state index is 5.35. The summed E-state index contributed by atoms with van der Waals surface area (Å²) in [7, 11) is 3.23. The molecule has 3 heteroatoms. The maximum atomic E-state index is 5.35. The van der Waals surface area contributed by atoms with Crippen LogP contribution in [-0.2, 0) is 0 Å². The van der Waals surface area contributed by atoms with Crippen LogP contribution in [0.15, 0.2) is 23.1 Å². The lowest BCUT2D eigenvalue weighted by atomic mass is 10.00. The summed E-state index contributed by atoms with van der Waals surface area (Å²) in [5, 5.41) is 0. The van der Waals surface area contributed by atoms with Crippen LogP contribution in [0.1, 0.15) is 27.7 Å². The highest BCUT2D eigenvalue weighted by molar-refractivity contribution is 8.15. The third kappa shape index (κ3) is 2.89. The molecule has 0 saturated heterocycles. The van der Waals surface area contributed by atoms with Gasteiger partial charge in [0.2, 0.25) is 0 Å². The second kappa shape index (κ2) is 5.79. The Kier molecular flexibility index (Phi) is 4.85. The monoisotopic (exact) mass is 268 g/mol. The van der Waals surface area contributed by atoms with Gasteiger partial charge in [-0.15, -0.1) is 0 Å². The van der Waals surface area contributed by atoms with E-state index < -0.39 is 0 Å². The highest BCUT2D eigenvalue weighted by Crippen LogP contribution is 2.45. The fourth-order valence-electron chi connectivity index (χ4n) is 1.56. The summed E-state index contributed by atoms with van der Waals surface area (Å²) in [6.45, 7) is 9.02. The lowest BCUT2D eigenvalue weighted by Crippen LogP contribution is -2.24. The topological polar surface area (TPSA) is 18.5 Å². The van der Waals surface area contributed by atoms with Crippen LogP contribution in [0.25, 0.3) is 0 Å². The van der Waals surface area contributed by atoms with Crippen molar-refractivity contribution in [1.82, 2.24) is 0 Å². The van der Waals surface area contributed by atoms with E-state index in [0.29, 0.717) is 5.92 Å². The Morgan fingerprint density at radius 3 is 2.11 bits per heavy atom. The van der Waals surface area contributed by atoms with E-state index in [0.717, 1.165) is 11.5 Å². The van der Waals surface area contributed by atoms with Crippen molar-refractivity contribution >= 4 is 16.4 Å². The molecule has 0 heterocycles. The van der Waals surface area contributed by atoms with Gasteiger partial charge in [-0.1, -0.05) is 33.6 Å². The third-order valence-corrected chi connectivity index (χ3v) is 6.23. The van der Waals surface area contributed by atoms with Gasteiger partial charge in [0.25, 0.3) is 0 Å². The number of hydrogen-bond donors (Lipinski definition) is 0. The Morgan fingerprint density at radius 2 is 1.67 bits per heavy atom. The van der Waals surface area contributed by atoms with Crippen LogP contribution in [0, 0.1) is 5.92 Å². The molecule has 1 rings (SSSR count). The lowest BCUT2D eigenvalue weighted by Gasteiger charge is -2.33. The molecule has 0 spiro atoms. The molecule has 1 aromatic carbocycles. The van der Waals surface area contributed by atoms with E-state index in [1.165, 1.54) is 4.90 Å². The summed E-state index contributed by atoms with van der Waals surface area (Å²) >= 11 is 0. The average Bonchev–Trinajstić information content (AvgIpc) is 2.36. The Hall–Kier alpha value is -0.960. The van der Waals surface area contributed by atoms with Crippen LogP contribution >= 0.6 is 10.5 Å². The molecule has 0 aliphatic carbocycles. The number of hydrogen-bond acceptors (Lipinski definition) is 2. The van der Waals surface area contributed by atoms with E-state index in [-0.39, 0.29) is 15.2 Å². The zero-order chi connectivity index (χ0) is 13.9. The Balaban J connectivity index is 3.15. The lowest BCUT2D eigenvalue weighted by molar-refractivity contribution is 0.354. The summed E-state index contributed by atoms with van der Waals surface area (Å²) < 4.78 is 10.8. The van der Waals surface area contributed by atoms with Crippen LogP contribution in [0.4, 0.5) is 0 Å². The van der Waals surface area contributed by atoms with Crippen molar-refractivity contribution in [2.75, 3.05) is 14.2 Å². The largest absolute Gasteiger partial charge is 0.493 e. The molecule has 2 nitrogen and oxygen atoms in total. The van der Waals surface area contributed by atoms with Gasteiger partial charge in [0.15, 0.2) is 11.5 Å². The molecular weight excluding hydrogens is 244 g/mol. The molecule has 1 aromatic rings. The summed E-state index contributed by atoms with van der Waals surface area (Å²) in [5.41, 5.74) is 0. The van der Waals surface area contributed by atoms with Crippen molar-refractivity contribution in [3.63, 3.8) is 0 Å². The Bertz CT molecular complexity index is 436. The third-order valence-electron chi connectivity index (χ3n) is 3.66. The van der Waals surface area contributed by atoms with Crippen molar-refractivity contribution in [3.05, 3.63) is 18.2 Å². The number of rotatable bonds is 5. The molecule has 0 amide bonds. The van der Waals surface area contributed by atoms with Gasteiger partial charge in [-0.2, -0.15) is 10.5 Å². The Labute approximate surface area is 113 Å². The molecule has 18 heavy (non-hydrogen) atoms. The van der Waals surface area contributed by atoms with Crippen molar-refractivity contribution in [3.8, 4) is 11.5 Å². The minimum atomic E-state index is -0.0816. The molecule has 0 saturated carbocycles. The molecule has 0 aromatic heterocycles. The first-order chi connectivity index (χ1) is 8.34. The predicted molar refractivity (Wildman–Crippen MR) is 81.4 cm³/mol. The zero-order valence-electron chi connectivity index (χ0n) is 12.2. The van der Waals surface area contributed by atoms with Gasteiger partial charge in [-0.3, -0.25) is 0 Å². The average molecular weight is 268 g/mol. The van der Waals surface area contributed by atoms with Crippen molar-refractivity contribution in [2.45, 2.75) is 37.3 Å². The van der Waals surface area contributed by atoms with Crippen molar-refractivity contribution in [1.29, 1.82) is 0 Å². The van der Waals surface area contributed by atoms with Gasteiger partial charge in [0.05, 0.1) is 14.2 Å². The molecule has 0 aliphatic rings. The van der Waals surface area contributed by atoms with E-state index in [1.54, 1.807) is 14.2 Å². The van der Waals surface area contributed by atoms with Gasteiger partial charge in [-0.25, -0.2) is 0 Å². The summed E-state index contributed by atoms with van der Waals surface area (Å²) in [6.07, 6.45) is 0. The van der Waals surface area contributed by atoms with Crippen LogP contribution in [0.5, 0.6) is 11.5 Å². The zero-order valence-corrected chi connectivity index (χ0v) is 13.1. The van der Waals surface area contributed by atoms with Gasteiger partial charge in [-0.05, 0) is 24.1 Å². The van der Waals surface area contributed by atoms with Crippen LogP contribution < -0.4 is 9.47 Å². The maximum Gasteiger partial charge on any atom is 0.161 e. The van der Waals surface area contributed by atoms with Gasteiger partial charge >= 0.3 is 0 Å². The molecule has 0 radical (unpaired) electrons. The molecule has 1 atom stereocenters. The van der Waals surface area contributed by atoms with Crippen molar-refractivity contribution in [2.24, 2.45) is 5.92 Å². The minimum Gasteiger partial charge on any atom is -0.493 e. The first kappa shape index (κ1) is 15.1. The SMILES string of the molecule is C=S(c1ccc(OC)c(OC)c1)C(C)(C)C(C)C. The minimum absolute atomic E-state index is 0.0816. The number of methoxy groups -OCH3 is 2. The summed E-state index contributed by atoms with van der Waals surface area (Å²) in [6, 6.07) is 6.08. The molecule has 0 N–H and O–H groups in total. The van der Waals surface area contributed by atoms with E-state index in [1.807, 2.05) is 12.1 Å². The summed E-state index contributed by atoms with van der Waals surface area (Å²) in [5.74, 6) is 6.48. The normalized spacial score (nSPS) is 13.5. The fourth-order valence-corrected chi connectivity index (χ4v) is 3.22. The highest BCUT2D eigenvalue weighted by Gasteiger charge is 2.26. The fraction of sp³-hybridized carbons (Fsp3) is 0.533. The van der Waals surface area contributed by atoms with E-state index in [2.05, 4.69) is 39.6 Å². The van der Waals surface area contributed by atoms with E-state index in [9.17, 15) is 0 Å². The van der Waals surface area contributed by atoms with E-state index in [4.69, 9.17) is 9.47 Å². The molecule has 0 aliphatic heterocycles. The molecule has 1 unspecified atom stereocenters. The summed E-state index contributed by atoms with van der Waals surface area (Å²) in [4.78, 5) is 1.21. The van der Waals surface area contributed by atoms with Crippen LogP contribution in [0.2, 0.25) is 0 Å². The molecule has 0 bridgehead atoms. The van der Waals surface area contributed by atoms with Crippen LogP contribution in [0.3, 0.4) is 0 Å². The molecular formula is C15H24O2S. The molecule has 102 valence electrons. The standard InChI is InChI=1S/C15H24O2S/c1-11(2)15(3,4)18(7)12-8-9-13(16-5)14(10-12)17-6/h8-11H,7H2,1-6H3.